The third kappa shape index (κ3) is 3.39. The lowest BCUT2D eigenvalue weighted by Crippen LogP contribution is -2.34. The Balaban J connectivity index is 2.41. The Morgan fingerprint density at radius 2 is 2.43 bits per heavy atom. The van der Waals surface area contributed by atoms with Crippen LogP contribution in [-0.2, 0) is 0 Å². The number of nitrogens with one attached hydrogen (secondary N) is 1. The van der Waals surface area contributed by atoms with Gasteiger partial charge < -0.3 is 10.4 Å². The van der Waals surface area contributed by atoms with E-state index >= 15 is 0 Å². The Morgan fingerprint density at radius 3 is 2.93 bits per heavy atom. The molecule has 2 atom stereocenters. The van der Waals surface area contributed by atoms with Gasteiger partial charge in [-0.1, -0.05) is 4.49 Å². The molecule has 2 unspecified atom stereocenters. The Hall–Kier alpha value is -1.01. The standard InChI is InChI=1S/C8H13N3O2S/c1-5(3-6(2)12)9-8(13)7-4-14-11-10-7/h4-6,12H,3H2,1-2H3,(H,9,13). The Bertz CT molecular complexity index is 287. The van der Waals surface area contributed by atoms with Crippen molar-refractivity contribution >= 4 is 17.4 Å². The van der Waals surface area contributed by atoms with Gasteiger partial charge in [-0.2, -0.15) is 0 Å². The Kier molecular flexibility index (Phi) is 3.97. The van der Waals surface area contributed by atoms with Crippen LogP contribution in [0.15, 0.2) is 5.38 Å². The minimum Gasteiger partial charge on any atom is -0.393 e. The monoisotopic (exact) mass is 215 g/mol. The van der Waals surface area contributed by atoms with Crippen molar-refractivity contribution in [1.29, 1.82) is 0 Å². The number of aromatic nitrogens is 2. The van der Waals surface area contributed by atoms with Gasteiger partial charge in [0.25, 0.3) is 5.91 Å². The summed E-state index contributed by atoms with van der Waals surface area (Å²) in [7, 11) is 0. The predicted molar refractivity (Wildman–Crippen MR) is 53.1 cm³/mol. The van der Waals surface area contributed by atoms with E-state index < -0.39 is 6.10 Å². The first-order valence-electron chi connectivity index (χ1n) is 4.35. The molecule has 1 amide bonds. The number of hydrogen-bond acceptors (Lipinski definition) is 5. The molecule has 1 aromatic rings. The van der Waals surface area contributed by atoms with E-state index in [1.807, 2.05) is 6.92 Å². The van der Waals surface area contributed by atoms with E-state index in [0.717, 1.165) is 11.5 Å². The minimum atomic E-state index is -0.418. The fourth-order valence-corrected chi connectivity index (χ4v) is 1.57. The average molecular weight is 215 g/mol. The summed E-state index contributed by atoms with van der Waals surface area (Å²) in [5.41, 5.74) is 0.326. The highest BCUT2D eigenvalue weighted by atomic mass is 32.1. The number of nitrogens with zero attached hydrogens (tertiary/aromatic N) is 2. The molecule has 6 heteroatoms. The van der Waals surface area contributed by atoms with E-state index in [-0.39, 0.29) is 11.9 Å². The molecule has 0 bridgehead atoms. The van der Waals surface area contributed by atoms with Crippen LogP contribution >= 0.6 is 11.5 Å². The summed E-state index contributed by atoms with van der Waals surface area (Å²) in [6, 6.07) is -0.0656. The van der Waals surface area contributed by atoms with Crippen LogP contribution in [0.3, 0.4) is 0 Å². The van der Waals surface area contributed by atoms with Gasteiger partial charge in [0.1, 0.15) is 0 Å². The summed E-state index contributed by atoms with van der Waals surface area (Å²) >= 11 is 1.14. The SMILES string of the molecule is CC(O)CC(C)NC(=O)c1csnn1. The molecule has 0 radical (unpaired) electrons. The molecule has 0 spiro atoms. The zero-order chi connectivity index (χ0) is 10.6. The molecule has 1 rings (SSSR count). The van der Waals surface area contributed by atoms with Gasteiger partial charge in [-0.15, -0.1) is 5.10 Å². The third-order valence-corrected chi connectivity index (χ3v) is 2.17. The van der Waals surface area contributed by atoms with Crippen molar-refractivity contribution in [2.24, 2.45) is 0 Å². The Morgan fingerprint density at radius 1 is 1.71 bits per heavy atom. The highest BCUT2D eigenvalue weighted by molar-refractivity contribution is 7.03. The highest BCUT2D eigenvalue weighted by Gasteiger charge is 2.13. The van der Waals surface area contributed by atoms with Crippen molar-refractivity contribution in [3.63, 3.8) is 0 Å². The van der Waals surface area contributed by atoms with Crippen molar-refractivity contribution < 1.29 is 9.90 Å². The van der Waals surface area contributed by atoms with Crippen LogP contribution in [0.5, 0.6) is 0 Å². The van der Waals surface area contributed by atoms with Gasteiger partial charge in [0.05, 0.1) is 6.10 Å². The van der Waals surface area contributed by atoms with Gasteiger partial charge in [0.15, 0.2) is 5.69 Å². The van der Waals surface area contributed by atoms with E-state index in [1.165, 1.54) is 0 Å². The molecule has 14 heavy (non-hydrogen) atoms. The van der Waals surface area contributed by atoms with Crippen LogP contribution in [0, 0.1) is 0 Å². The van der Waals surface area contributed by atoms with Crippen LogP contribution in [0.2, 0.25) is 0 Å². The van der Waals surface area contributed by atoms with E-state index in [2.05, 4.69) is 14.9 Å². The Labute approximate surface area is 86.3 Å². The predicted octanol–water partition coefficient (Wildman–Crippen LogP) is 0.427. The first-order chi connectivity index (χ1) is 6.59. The van der Waals surface area contributed by atoms with E-state index in [1.54, 1.807) is 12.3 Å². The number of aliphatic hydroxyl groups excluding tert-OH is 1. The second-order valence-corrected chi connectivity index (χ2v) is 3.86. The number of hydrogen-bond donors (Lipinski definition) is 2. The molecule has 0 aliphatic carbocycles. The molecule has 2 N–H and O–H groups in total. The molecule has 1 heterocycles. The normalized spacial score (nSPS) is 14.8. The number of rotatable bonds is 4. The number of carbonyl (C=O) groups is 1. The third-order valence-electron chi connectivity index (χ3n) is 1.66. The maximum atomic E-state index is 11.4. The molecule has 78 valence electrons. The molecule has 0 aliphatic rings. The van der Waals surface area contributed by atoms with Crippen LogP contribution in [0.1, 0.15) is 30.8 Å². The average Bonchev–Trinajstić information content (AvgIpc) is 2.53. The molecule has 1 aromatic heterocycles. The van der Waals surface area contributed by atoms with Crippen molar-refractivity contribution in [3.8, 4) is 0 Å². The zero-order valence-electron chi connectivity index (χ0n) is 8.10. The van der Waals surface area contributed by atoms with Crippen molar-refractivity contribution in [1.82, 2.24) is 14.9 Å². The number of aliphatic hydroxyl groups is 1. The van der Waals surface area contributed by atoms with Gasteiger partial charge in [0, 0.05) is 11.4 Å². The first kappa shape index (κ1) is 11.1. The summed E-state index contributed by atoms with van der Waals surface area (Å²) in [5.74, 6) is -0.244. The van der Waals surface area contributed by atoms with Crippen LogP contribution in [0.25, 0.3) is 0 Å². The van der Waals surface area contributed by atoms with Gasteiger partial charge >= 0.3 is 0 Å². The van der Waals surface area contributed by atoms with E-state index in [9.17, 15) is 4.79 Å². The summed E-state index contributed by atoms with van der Waals surface area (Å²) in [4.78, 5) is 11.4. The van der Waals surface area contributed by atoms with Gasteiger partial charge in [-0.3, -0.25) is 4.79 Å². The summed E-state index contributed by atoms with van der Waals surface area (Å²) in [6.45, 7) is 3.53. The second kappa shape index (κ2) is 5.02. The zero-order valence-corrected chi connectivity index (χ0v) is 8.91. The van der Waals surface area contributed by atoms with Gasteiger partial charge in [-0.05, 0) is 31.8 Å². The van der Waals surface area contributed by atoms with E-state index in [4.69, 9.17) is 5.11 Å². The second-order valence-electron chi connectivity index (χ2n) is 3.25. The van der Waals surface area contributed by atoms with Crippen LogP contribution in [-0.4, -0.2) is 32.7 Å². The molecular weight excluding hydrogens is 202 g/mol. The van der Waals surface area contributed by atoms with Crippen LogP contribution in [0.4, 0.5) is 0 Å². The van der Waals surface area contributed by atoms with E-state index in [0.29, 0.717) is 12.1 Å². The molecular formula is C8H13N3O2S. The molecule has 0 aliphatic heterocycles. The fraction of sp³-hybridized carbons (Fsp3) is 0.625. The minimum absolute atomic E-state index is 0.0656. The summed E-state index contributed by atoms with van der Waals surface area (Å²) in [6.07, 6.45) is 0.113. The van der Waals surface area contributed by atoms with Crippen LogP contribution < -0.4 is 5.32 Å². The molecule has 0 fully saturated rings. The topological polar surface area (TPSA) is 75.1 Å². The van der Waals surface area contributed by atoms with Crippen molar-refractivity contribution in [2.45, 2.75) is 32.4 Å². The quantitative estimate of drug-likeness (QED) is 0.763. The summed E-state index contributed by atoms with van der Waals surface area (Å²) < 4.78 is 3.59. The molecule has 0 aromatic carbocycles. The first-order valence-corrected chi connectivity index (χ1v) is 5.19. The fourth-order valence-electron chi connectivity index (χ4n) is 1.13. The summed E-state index contributed by atoms with van der Waals surface area (Å²) in [5, 5.41) is 17.0. The number of carbonyl (C=O) groups excluding carboxylic acids is 1. The van der Waals surface area contributed by atoms with Crippen molar-refractivity contribution in [3.05, 3.63) is 11.1 Å². The molecule has 0 saturated carbocycles. The highest BCUT2D eigenvalue weighted by Crippen LogP contribution is 2.00. The molecule has 5 nitrogen and oxygen atoms in total. The van der Waals surface area contributed by atoms with Crippen molar-refractivity contribution in [2.75, 3.05) is 0 Å². The largest absolute Gasteiger partial charge is 0.393 e. The number of amides is 1. The van der Waals surface area contributed by atoms with Gasteiger partial charge in [0.2, 0.25) is 0 Å². The maximum Gasteiger partial charge on any atom is 0.272 e. The van der Waals surface area contributed by atoms with Gasteiger partial charge in [-0.25, -0.2) is 0 Å². The lowest BCUT2D eigenvalue weighted by molar-refractivity contribution is 0.0918. The lowest BCUT2D eigenvalue weighted by Gasteiger charge is -2.14. The maximum absolute atomic E-state index is 11.4. The lowest BCUT2D eigenvalue weighted by atomic mass is 10.1. The molecule has 0 saturated heterocycles. The smallest absolute Gasteiger partial charge is 0.272 e.